The largest absolute Gasteiger partial charge is 0.491 e. The highest BCUT2D eigenvalue weighted by atomic mass is 35.5. The first-order valence-corrected chi connectivity index (χ1v) is 7.50. The first-order chi connectivity index (χ1) is 9.31. The van der Waals surface area contributed by atoms with Crippen LogP contribution in [-0.2, 0) is 0 Å². The molecule has 1 aromatic carbocycles. The molecule has 0 amide bonds. The summed E-state index contributed by atoms with van der Waals surface area (Å²) in [6, 6.07) is 8.26. The van der Waals surface area contributed by atoms with E-state index >= 15 is 0 Å². The lowest BCUT2D eigenvalue weighted by Crippen LogP contribution is -2.42. The molecule has 3 nitrogen and oxygen atoms in total. The van der Waals surface area contributed by atoms with Gasteiger partial charge in [0.1, 0.15) is 12.4 Å². The molecule has 2 rings (SSSR count). The van der Waals surface area contributed by atoms with Crippen molar-refractivity contribution < 1.29 is 4.74 Å². The third-order valence-corrected chi connectivity index (χ3v) is 4.03. The molecule has 0 bridgehead atoms. The van der Waals surface area contributed by atoms with Crippen LogP contribution in [0.4, 0.5) is 0 Å². The number of ether oxygens (including phenoxy) is 1. The number of hydrogen-bond acceptors (Lipinski definition) is 3. The molecule has 1 heterocycles. The Morgan fingerprint density at radius 2 is 2.16 bits per heavy atom. The number of benzene rings is 1. The molecule has 4 heteroatoms. The molecule has 0 aromatic heterocycles. The van der Waals surface area contributed by atoms with E-state index in [1.54, 1.807) is 0 Å². The molecule has 2 N–H and O–H groups in total. The molecule has 1 aliphatic heterocycles. The van der Waals surface area contributed by atoms with Gasteiger partial charge in [-0.25, -0.2) is 0 Å². The average molecular weight is 283 g/mol. The van der Waals surface area contributed by atoms with Gasteiger partial charge in [-0.05, 0) is 44.5 Å². The summed E-state index contributed by atoms with van der Waals surface area (Å²) in [5.74, 6) is 0.775. The van der Waals surface area contributed by atoms with Gasteiger partial charge < -0.3 is 10.5 Å². The van der Waals surface area contributed by atoms with Crippen LogP contribution in [0.1, 0.15) is 25.7 Å². The van der Waals surface area contributed by atoms with Crippen LogP contribution in [0, 0.1) is 0 Å². The maximum absolute atomic E-state index is 6.07. The summed E-state index contributed by atoms with van der Waals surface area (Å²) in [6.45, 7) is 3.57. The quantitative estimate of drug-likeness (QED) is 0.872. The molecular formula is C15H23ClN2O. The molecule has 0 saturated carbocycles. The lowest BCUT2D eigenvalue weighted by Gasteiger charge is -2.35. The summed E-state index contributed by atoms with van der Waals surface area (Å²) in [5.41, 5.74) is 5.69. The smallest absolute Gasteiger partial charge is 0.137 e. The number of piperidine rings is 1. The van der Waals surface area contributed by atoms with E-state index in [2.05, 4.69) is 4.90 Å². The first kappa shape index (κ1) is 14.6. The SMILES string of the molecule is NCCC1CCCCN1CCOc1ccccc1Cl. The van der Waals surface area contributed by atoms with Gasteiger partial charge in [-0.15, -0.1) is 0 Å². The Morgan fingerprint density at radius 3 is 2.95 bits per heavy atom. The van der Waals surface area contributed by atoms with Crippen molar-refractivity contribution in [2.75, 3.05) is 26.2 Å². The molecule has 1 atom stereocenters. The Morgan fingerprint density at radius 1 is 1.32 bits per heavy atom. The zero-order chi connectivity index (χ0) is 13.5. The van der Waals surface area contributed by atoms with Gasteiger partial charge in [0.2, 0.25) is 0 Å². The van der Waals surface area contributed by atoms with E-state index in [0.717, 1.165) is 31.8 Å². The van der Waals surface area contributed by atoms with Crippen molar-refractivity contribution in [2.45, 2.75) is 31.7 Å². The van der Waals surface area contributed by atoms with Gasteiger partial charge in [-0.3, -0.25) is 4.90 Å². The van der Waals surface area contributed by atoms with Gasteiger partial charge in [0.05, 0.1) is 5.02 Å². The van der Waals surface area contributed by atoms with E-state index < -0.39 is 0 Å². The van der Waals surface area contributed by atoms with Gasteiger partial charge in [0.25, 0.3) is 0 Å². The highest BCUT2D eigenvalue weighted by Crippen LogP contribution is 2.23. The lowest BCUT2D eigenvalue weighted by atomic mass is 9.99. The second kappa shape index (κ2) is 7.73. The monoisotopic (exact) mass is 282 g/mol. The van der Waals surface area contributed by atoms with Crippen LogP contribution in [-0.4, -0.2) is 37.2 Å². The fourth-order valence-electron chi connectivity index (χ4n) is 2.71. The Bertz CT molecular complexity index is 384. The Labute approximate surface area is 120 Å². The molecule has 0 radical (unpaired) electrons. The molecule has 1 unspecified atom stereocenters. The minimum Gasteiger partial charge on any atom is -0.491 e. The molecule has 1 saturated heterocycles. The van der Waals surface area contributed by atoms with Crippen molar-refractivity contribution in [2.24, 2.45) is 5.73 Å². The topological polar surface area (TPSA) is 38.5 Å². The summed E-state index contributed by atoms with van der Waals surface area (Å²) < 4.78 is 5.76. The number of hydrogen-bond donors (Lipinski definition) is 1. The summed E-state index contributed by atoms with van der Waals surface area (Å²) in [6.07, 6.45) is 4.97. The van der Waals surface area contributed by atoms with Crippen molar-refractivity contribution in [3.63, 3.8) is 0 Å². The van der Waals surface area contributed by atoms with E-state index in [4.69, 9.17) is 22.1 Å². The van der Waals surface area contributed by atoms with Crippen LogP contribution in [0.25, 0.3) is 0 Å². The third-order valence-electron chi connectivity index (χ3n) is 3.72. The van der Waals surface area contributed by atoms with Crippen LogP contribution in [0.15, 0.2) is 24.3 Å². The van der Waals surface area contributed by atoms with Gasteiger partial charge in [0.15, 0.2) is 0 Å². The molecule has 19 heavy (non-hydrogen) atoms. The van der Waals surface area contributed by atoms with Crippen molar-refractivity contribution in [3.05, 3.63) is 29.3 Å². The van der Waals surface area contributed by atoms with E-state index in [1.165, 1.54) is 19.3 Å². The Kier molecular flexibility index (Phi) is 5.95. The molecule has 1 aromatic rings. The van der Waals surface area contributed by atoms with Crippen LogP contribution in [0.2, 0.25) is 5.02 Å². The van der Waals surface area contributed by atoms with Crippen LogP contribution in [0.5, 0.6) is 5.75 Å². The fourth-order valence-corrected chi connectivity index (χ4v) is 2.90. The van der Waals surface area contributed by atoms with Gasteiger partial charge in [0, 0.05) is 12.6 Å². The zero-order valence-electron chi connectivity index (χ0n) is 11.4. The number of halogens is 1. The fraction of sp³-hybridized carbons (Fsp3) is 0.600. The van der Waals surface area contributed by atoms with E-state index in [0.29, 0.717) is 17.7 Å². The number of para-hydroxylation sites is 1. The molecule has 0 spiro atoms. The van der Waals surface area contributed by atoms with Gasteiger partial charge >= 0.3 is 0 Å². The van der Waals surface area contributed by atoms with E-state index in [-0.39, 0.29) is 0 Å². The standard InChI is InChI=1S/C15H23ClN2O/c16-14-6-1-2-7-15(14)19-12-11-18-10-4-3-5-13(18)8-9-17/h1-2,6-7,13H,3-5,8-12,17H2. The van der Waals surface area contributed by atoms with Crippen LogP contribution < -0.4 is 10.5 Å². The minimum atomic E-state index is 0.633. The summed E-state index contributed by atoms with van der Waals surface area (Å²) in [5, 5.41) is 0.680. The van der Waals surface area contributed by atoms with Gasteiger partial charge in [-0.2, -0.15) is 0 Å². The van der Waals surface area contributed by atoms with Crippen LogP contribution in [0.3, 0.4) is 0 Å². The maximum Gasteiger partial charge on any atom is 0.137 e. The molecular weight excluding hydrogens is 260 g/mol. The number of rotatable bonds is 6. The molecule has 1 fully saturated rings. The Hall–Kier alpha value is -0.770. The molecule has 0 aliphatic carbocycles. The van der Waals surface area contributed by atoms with Crippen LogP contribution >= 0.6 is 11.6 Å². The predicted octanol–water partition coefficient (Wildman–Crippen LogP) is 2.92. The van der Waals surface area contributed by atoms with Crippen molar-refractivity contribution in [1.82, 2.24) is 4.90 Å². The third kappa shape index (κ3) is 4.37. The normalized spacial score (nSPS) is 20.4. The number of nitrogens with zero attached hydrogens (tertiary/aromatic N) is 1. The van der Waals surface area contributed by atoms with Crippen molar-refractivity contribution in [1.29, 1.82) is 0 Å². The summed E-state index contributed by atoms with van der Waals surface area (Å²) >= 11 is 6.07. The summed E-state index contributed by atoms with van der Waals surface area (Å²) in [7, 11) is 0. The number of likely N-dealkylation sites (tertiary alicyclic amines) is 1. The van der Waals surface area contributed by atoms with Gasteiger partial charge in [-0.1, -0.05) is 30.2 Å². The van der Waals surface area contributed by atoms with Crippen molar-refractivity contribution >= 4 is 11.6 Å². The maximum atomic E-state index is 6.07. The highest BCUT2D eigenvalue weighted by molar-refractivity contribution is 6.32. The Balaban J connectivity index is 1.79. The minimum absolute atomic E-state index is 0.633. The molecule has 106 valence electrons. The zero-order valence-corrected chi connectivity index (χ0v) is 12.1. The average Bonchev–Trinajstić information content (AvgIpc) is 2.43. The second-order valence-corrected chi connectivity index (χ2v) is 5.45. The first-order valence-electron chi connectivity index (χ1n) is 7.12. The number of nitrogens with two attached hydrogens (primary N) is 1. The van der Waals surface area contributed by atoms with E-state index in [1.807, 2.05) is 24.3 Å². The highest BCUT2D eigenvalue weighted by Gasteiger charge is 2.21. The summed E-state index contributed by atoms with van der Waals surface area (Å²) in [4.78, 5) is 2.51. The van der Waals surface area contributed by atoms with E-state index in [9.17, 15) is 0 Å². The second-order valence-electron chi connectivity index (χ2n) is 5.04. The molecule has 1 aliphatic rings. The predicted molar refractivity (Wildman–Crippen MR) is 79.8 cm³/mol. The lowest BCUT2D eigenvalue weighted by molar-refractivity contribution is 0.118. The van der Waals surface area contributed by atoms with Crippen molar-refractivity contribution in [3.8, 4) is 5.75 Å².